The van der Waals surface area contributed by atoms with Crippen molar-refractivity contribution >= 4 is 0 Å². The molecule has 0 heterocycles. The second-order valence-electron chi connectivity index (χ2n) is 6.21. The van der Waals surface area contributed by atoms with Crippen molar-refractivity contribution in [1.29, 1.82) is 0 Å². The second-order valence-corrected chi connectivity index (χ2v) is 6.21. The molecule has 1 aromatic carbocycles. The number of hydrogen-bond donors (Lipinski definition) is 2. The van der Waals surface area contributed by atoms with Crippen LogP contribution in [0.4, 0.5) is 13.2 Å². The summed E-state index contributed by atoms with van der Waals surface area (Å²) in [6.07, 6.45) is -0.667. The fourth-order valence-corrected chi connectivity index (χ4v) is 2.73. The summed E-state index contributed by atoms with van der Waals surface area (Å²) in [5.74, 6) is 0.667. The van der Waals surface area contributed by atoms with Crippen LogP contribution in [0.3, 0.4) is 0 Å². The molecule has 0 bridgehead atoms. The standard InChI is InChI=1S/C16H22F3NO/c1-12-6-8-15(21,9-7-12)11-20-10-13-2-4-14(5-3-13)16(17,18)19/h2-5,12,20-21H,6-11H2,1H3. The van der Waals surface area contributed by atoms with Gasteiger partial charge in [0.05, 0.1) is 11.2 Å². The molecule has 0 spiro atoms. The first-order valence-corrected chi connectivity index (χ1v) is 7.38. The van der Waals surface area contributed by atoms with Gasteiger partial charge in [-0.2, -0.15) is 13.2 Å². The van der Waals surface area contributed by atoms with Crippen LogP contribution < -0.4 is 5.32 Å². The maximum absolute atomic E-state index is 12.4. The van der Waals surface area contributed by atoms with Crippen LogP contribution in [0.25, 0.3) is 0 Å². The Balaban J connectivity index is 1.81. The summed E-state index contributed by atoms with van der Waals surface area (Å²) < 4.78 is 37.3. The Morgan fingerprint density at radius 3 is 2.29 bits per heavy atom. The topological polar surface area (TPSA) is 32.3 Å². The van der Waals surface area contributed by atoms with Gasteiger partial charge in [-0.3, -0.25) is 0 Å². The molecule has 0 amide bonds. The van der Waals surface area contributed by atoms with Gasteiger partial charge in [0.25, 0.3) is 0 Å². The number of rotatable bonds is 4. The maximum atomic E-state index is 12.4. The lowest BCUT2D eigenvalue weighted by molar-refractivity contribution is -0.137. The van der Waals surface area contributed by atoms with E-state index in [1.807, 2.05) is 0 Å². The monoisotopic (exact) mass is 301 g/mol. The van der Waals surface area contributed by atoms with E-state index in [-0.39, 0.29) is 0 Å². The number of benzene rings is 1. The van der Waals surface area contributed by atoms with E-state index in [1.165, 1.54) is 12.1 Å². The van der Waals surface area contributed by atoms with Crippen LogP contribution in [0.15, 0.2) is 24.3 Å². The van der Waals surface area contributed by atoms with E-state index in [9.17, 15) is 18.3 Å². The zero-order valence-corrected chi connectivity index (χ0v) is 12.2. The number of alkyl halides is 3. The van der Waals surface area contributed by atoms with Gasteiger partial charge in [-0.25, -0.2) is 0 Å². The summed E-state index contributed by atoms with van der Waals surface area (Å²) in [6.45, 7) is 3.14. The van der Waals surface area contributed by atoms with Crippen LogP contribution in [0.5, 0.6) is 0 Å². The van der Waals surface area contributed by atoms with E-state index in [0.29, 0.717) is 19.0 Å². The highest BCUT2D eigenvalue weighted by Crippen LogP contribution is 2.31. The Morgan fingerprint density at radius 2 is 1.76 bits per heavy atom. The van der Waals surface area contributed by atoms with Gasteiger partial charge in [-0.15, -0.1) is 0 Å². The molecule has 0 unspecified atom stereocenters. The third-order valence-corrected chi connectivity index (χ3v) is 4.27. The van der Waals surface area contributed by atoms with Gasteiger partial charge in [0.2, 0.25) is 0 Å². The van der Waals surface area contributed by atoms with Crippen molar-refractivity contribution in [1.82, 2.24) is 5.32 Å². The number of hydrogen-bond acceptors (Lipinski definition) is 2. The SMILES string of the molecule is CC1CCC(O)(CNCc2ccc(C(F)(F)F)cc2)CC1. The zero-order valence-electron chi connectivity index (χ0n) is 12.2. The summed E-state index contributed by atoms with van der Waals surface area (Å²) in [7, 11) is 0. The van der Waals surface area contributed by atoms with Crippen LogP contribution in [-0.4, -0.2) is 17.3 Å². The molecule has 0 saturated heterocycles. The van der Waals surface area contributed by atoms with Crippen molar-refractivity contribution in [2.75, 3.05) is 6.54 Å². The largest absolute Gasteiger partial charge is 0.416 e. The van der Waals surface area contributed by atoms with Gasteiger partial charge in [-0.05, 0) is 49.3 Å². The summed E-state index contributed by atoms with van der Waals surface area (Å²) in [6, 6.07) is 5.13. The first-order valence-electron chi connectivity index (χ1n) is 7.38. The first-order chi connectivity index (χ1) is 9.78. The average molecular weight is 301 g/mol. The van der Waals surface area contributed by atoms with E-state index >= 15 is 0 Å². The minimum absolute atomic E-state index is 0.468. The maximum Gasteiger partial charge on any atom is 0.416 e. The lowest BCUT2D eigenvalue weighted by Gasteiger charge is -2.35. The molecule has 1 aromatic rings. The molecule has 21 heavy (non-hydrogen) atoms. The highest BCUT2D eigenvalue weighted by atomic mass is 19.4. The van der Waals surface area contributed by atoms with Gasteiger partial charge in [0.1, 0.15) is 0 Å². The first kappa shape index (κ1) is 16.3. The predicted octanol–water partition coefficient (Wildman–Crippen LogP) is 3.74. The van der Waals surface area contributed by atoms with Crippen molar-refractivity contribution in [3.63, 3.8) is 0 Å². The lowest BCUT2D eigenvalue weighted by Crippen LogP contribution is -2.43. The number of halogens is 3. The minimum Gasteiger partial charge on any atom is -0.389 e. The second kappa shape index (κ2) is 6.36. The molecule has 118 valence electrons. The lowest BCUT2D eigenvalue weighted by atomic mass is 9.79. The van der Waals surface area contributed by atoms with Gasteiger partial charge in [0, 0.05) is 13.1 Å². The van der Waals surface area contributed by atoms with Crippen molar-refractivity contribution in [3.05, 3.63) is 35.4 Å². The molecule has 1 fully saturated rings. The Morgan fingerprint density at radius 1 is 1.19 bits per heavy atom. The quantitative estimate of drug-likeness (QED) is 0.888. The minimum atomic E-state index is -4.29. The van der Waals surface area contributed by atoms with Gasteiger partial charge < -0.3 is 10.4 Å². The molecule has 1 saturated carbocycles. The smallest absolute Gasteiger partial charge is 0.389 e. The number of aliphatic hydroxyl groups is 1. The zero-order chi connectivity index (χ0) is 15.5. The normalized spacial score (nSPS) is 26.8. The molecular weight excluding hydrogens is 279 g/mol. The van der Waals surface area contributed by atoms with Crippen LogP contribution in [0.2, 0.25) is 0 Å². The molecule has 0 aromatic heterocycles. The van der Waals surface area contributed by atoms with Gasteiger partial charge in [0.15, 0.2) is 0 Å². The molecule has 0 atom stereocenters. The molecule has 1 aliphatic carbocycles. The molecule has 2 nitrogen and oxygen atoms in total. The highest BCUT2D eigenvalue weighted by molar-refractivity contribution is 5.24. The van der Waals surface area contributed by atoms with E-state index in [2.05, 4.69) is 12.2 Å². The molecule has 2 rings (SSSR count). The summed E-state index contributed by atoms with van der Waals surface area (Å²) in [5, 5.41) is 13.6. The summed E-state index contributed by atoms with van der Waals surface area (Å²) >= 11 is 0. The molecular formula is C16H22F3NO. The molecule has 1 aliphatic rings. The molecule has 2 N–H and O–H groups in total. The van der Waals surface area contributed by atoms with E-state index in [1.54, 1.807) is 0 Å². The fraction of sp³-hybridized carbons (Fsp3) is 0.625. The van der Waals surface area contributed by atoms with E-state index < -0.39 is 17.3 Å². The Kier molecular flexibility index (Phi) is 4.94. The Bertz CT molecular complexity index is 448. The van der Waals surface area contributed by atoms with Crippen molar-refractivity contribution < 1.29 is 18.3 Å². The Hall–Kier alpha value is -1.07. The molecule has 0 aliphatic heterocycles. The van der Waals surface area contributed by atoms with E-state index in [4.69, 9.17) is 0 Å². The fourth-order valence-electron chi connectivity index (χ4n) is 2.73. The molecule has 0 radical (unpaired) electrons. The summed E-state index contributed by atoms with van der Waals surface area (Å²) in [5.41, 5.74) is -0.514. The predicted molar refractivity (Wildman–Crippen MR) is 75.7 cm³/mol. The third-order valence-electron chi connectivity index (χ3n) is 4.27. The van der Waals surface area contributed by atoms with E-state index in [0.717, 1.165) is 43.4 Å². The van der Waals surface area contributed by atoms with Crippen molar-refractivity contribution in [2.45, 2.75) is 50.9 Å². The number of nitrogens with one attached hydrogen (secondary N) is 1. The van der Waals surface area contributed by atoms with Gasteiger partial charge >= 0.3 is 6.18 Å². The summed E-state index contributed by atoms with van der Waals surface area (Å²) in [4.78, 5) is 0. The average Bonchev–Trinajstić information content (AvgIpc) is 2.42. The van der Waals surface area contributed by atoms with Crippen LogP contribution in [-0.2, 0) is 12.7 Å². The van der Waals surface area contributed by atoms with Gasteiger partial charge in [-0.1, -0.05) is 19.1 Å². The highest BCUT2D eigenvalue weighted by Gasteiger charge is 2.31. The molecule has 5 heteroatoms. The third kappa shape index (κ3) is 4.71. The van der Waals surface area contributed by atoms with Crippen molar-refractivity contribution in [3.8, 4) is 0 Å². The van der Waals surface area contributed by atoms with Crippen LogP contribution >= 0.6 is 0 Å². The van der Waals surface area contributed by atoms with Crippen LogP contribution in [0, 0.1) is 5.92 Å². The van der Waals surface area contributed by atoms with Crippen LogP contribution in [0.1, 0.15) is 43.7 Å². The Labute approximate surface area is 123 Å². The van der Waals surface area contributed by atoms with Crippen molar-refractivity contribution in [2.24, 2.45) is 5.92 Å².